The van der Waals surface area contributed by atoms with Crippen LogP contribution in [0, 0.1) is 0 Å². The molecule has 0 unspecified atom stereocenters. The first-order valence-corrected chi connectivity index (χ1v) is 8.65. The van der Waals surface area contributed by atoms with Gasteiger partial charge in [-0.15, -0.1) is 24.0 Å². The van der Waals surface area contributed by atoms with Gasteiger partial charge in [0.05, 0.1) is 6.54 Å². The molecule has 0 radical (unpaired) electrons. The third-order valence-electron chi connectivity index (χ3n) is 3.27. The van der Waals surface area contributed by atoms with Crippen molar-refractivity contribution in [2.75, 3.05) is 39.3 Å². The van der Waals surface area contributed by atoms with Crippen molar-refractivity contribution in [3.63, 3.8) is 0 Å². The Labute approximate surface area is 163 Å². The van der Waals surface area contributed by atoms with Gasteiger partial charge in [-0.25, -0.2) is 0 Å². The Kier molecular flexibility index (Phi) is 17.6. The predicted octanol–water partition coefficient (Wildman–Crippen LogP) is 1.33. The van der Waals surface area contributed by atoms with Crippen molar-refractivity contribution in [2.24, 2.45) is 4.99 Å². The molecule has 0 atom stereocenters. The summed E-state index contributed by atoms with van der Waals surface area (Å²) in [5, 5.41) is 9.06. The van der Waals surface area contributed by atoms with Gasteiger partial charge < -0.3 is 20.9 Å². The number of nitrogens with zero attached hydrogens (tertiary/aromatic N) is 2. The minimum absolute atomic E-state index is 0. The van der Waals surface area contributed by atoms with Crippen LogP contribution < -0.4 is 16.0 Å². The van der Waals surface area contributed by atoms with Crippen molar-refractivity contribution >= 4 is 41.8 Å². The van der Waals surface area contributed by atoms with Gasteiger partial charge in [0, 0.05) is 45.6 Å². The number of hydrogen-bond acceptors (Lipinski definition) is 3. The molecule has 0 aliphatic heterocycles. The van der Waals surface area contributed by atoms with Crippen LogP contribution in [0.4, 0.5) is 0 Å². The van der Waals surface area contributed by atoms with Gasteiger partial charge in [-0.1, -0.05) is 6.92 Å². The van der Waals surface area contributed by atoms with E-state index >= 15 is 0 Å². The normalized spacial score (nSPS) is 10.6. The summed E-state index contributed by atoms with van der Waals surface area (Å²) in [6.07, 6.45) is 1.74. The van der Waals surface area contributed by atoms with Gasteiger partial charge in [0.1, 0.15) is 0 Å². The maximum atomic E-state index is 11.9. The molecule has 0 aromatic heterocycles. The van der Waals surface area contributed by atoms with Crippen molar-refractivity contribution in [2.45, 2.75) is 47.0 Å². The molecule has 2 amide bonds. The molecule has 0 heterocycles. The molecule has 24 heavy (non-hydrogen) atoms. The quantitative estimate of drug-likeness (QED) is 0.249. The smallest absolute Gasteiger partial charge is 0.224 e. The molecule has 3 N–H and O–H groups in total. The Bertz CT molecular complexity index is 373. The van der Waals surface area contributed by atoms with Crippen molar-refractivity contribution in [3.8, 4) is 0 Å². The minimum Gasteiger partial charge on any atom is -0.357 e. The maximum absolute atomic E-state index is 11.9. The van der Waals surface area contributed by atoms with Crippen LogP contribution >= 0.6 is 24.0 Å². The number of carbonyl (C=O) groups is 2. The summed E-state index contributed by atoms with van der Waals surface area (Å²) < 4.78 is 0. The molecule has 0 fully saturated rings. The maximum Gasteiger partial charge on any atom is 0.224 e. The van der Waals surface area contributed by atoms with E-state index in [1.54, 1.807) is 4.90 Å². The van der Waals surface area contributed by atoms with Gasteiger partial charge in [-0.2, -0.15) is 0 Å². The molecule has 0 aromatic carbocycles. The fraction of sp³-hybridized carbons (Fsp3) is 0.812. The molecule has 0 rings (SSSR count). The number of carbonyl (C=O) groups excluding carboxylic acids is 2. The summed E-state index contributed by atoms with van der Waals surface area (Å²) in [7, 11) is 0. The van der Waals surface area contributed by atoms with Gasteiger partial charge >= 0.3 is 0 Å². The first-order valence-electron chi connectivity index (χ1n) is 8.65. The largest absolute Gasteiger partial charge is 0.357 e. The lowest BCUT2D eigenvalue weighted by Crippen LogP contribution is -2.39. The van der Waals surface area contributed by atoms with E-state index in [1.807, 2.05) is 27.7 Å². The highest BCUT2D eigenvalue weighted by molar-refractivity contribution is 14.0. The number of nitrogens with one attached hydrogen (secondary N) is 3. The molecule has 0 saturated carbocycles. The molecule has 0 bridgehead atoms. The van der Waals surface area contributed by atoms with Crippen LogP contribution in [0.15, 0.2) is 4.99 Å². The molecule has 0 aromatic rings. The van der Waals surface area contributed by atoms with E-state index in [0.717, 1.165) is 26.1 Å². The van der Waals surface area contributed by atoms with E-state index in [9.17, 15) is 9.59 Å². The second kappa shape index (κ2) is 16.8. The second-order valence-electron chi connectivity index (χ2n) is 5.10. The Morgan fingerprint density at radius 3 is 2.12 bits per heavy atom. The Hall–Kier alpha value is -1.06. The van der Waals surface area contributed by atoms with Crippen molar-refractivity contribution in [1.82, 2.24) is 20.9 Å². The lowest BCUT2D eigenvalue weighted by molar-refractivity contribution is -0.130. The third-order valence-corrected chi connectivity index (χ3v) is 3.27. The van der Waals surface area contributed by atoms with Crippen LogP contribution in [-0.4, -0.2) is 61.9 Å². The van der Waals surface area contributed by atoms with Gasteiger partial charge in [0.25, 0.3) is 0 Å². The van der Waals surface area contributed by atoms with E-state index in [0.29, 0.717) is 38.4 Å². The fourth-order valence-corrected chi connectivity index (χ4v) is 1.99. The lowest BCUT2D eigenvalue weighted by Gasteiger charge is -2.18. The van der Waals surface area contributed by atoms with Crippen molar-refractivity contribution in [1.29, 1.82) is 0 Å². The fourth-order valence-electron chi connectivity index (χ4n) is 1.99. The average molecular weight is 455 g/mol. The molecular formula is C16H34IN5O2. The molecule has 0 aliphatic rings. The van der Waals surface area contributed by atoms with E-state index < -0.39 is 0 Å². The Morgan fingerprint density at radius 1 is 0.917 bits per heavy atom. The number of rotatable bonds is 11. The van der Waals surface area contributed by atoms with E-state index in [4.69, 9.17) is 0 Å². The Balaban J connectivity index is 0. The lowest BCUT2D eigenvalue weighted by atomic mass is 10.3. The highest BCUT2D eigenvalue weighted by Gasteiger charge is 2.08. The summed E-state index contributed by atoms with van der Waals surface area (Å²) in [4.78, 5) is 29.6. The van der Waals surface area contributed by atoms with Crippen LogP contribution in [0.5, 0.6) is 0 Å². The SMILES string of the molecule is CCCNC(=O)CCNC(=NCCC(=O)N(CC)CC)NCC.I. The molecule has 0 aliphatic carbocycles. The van der Waals surface area contributed by atoms with Crippen LogP contribution in [0.1, 0.15) is 47.0 Å². The summed E-state index contributed by atoms with van der Waals surface area (Å²) in [6.45, 7) is 11.8. The van der Waals surface area contributed by atoms with Gasteiger partial charge in [0.15, 0.2) is 5.96 Å². The van der Waals surface area contributed by atoms with Gasteiger partial charge in [-0.3, -0.25) is 14.6 Å². The second-order valence-corrected chi connectivity index (χ2v) is 5.10. The predicted molar refractivity (Wildman–Crippen MR) is 110 cm³/mol. The zero-order valence-electron chi connectivity index (χ0n) is 15.5. The molecule has 0 saturated heterocycles. The molecular weight excluding hydrogens is 421 g/mol. The van der Waals surface area contributed by atoms with Crippen molar-refractivity contribution < 1.29 is 9.59 Å². The third kappa shape index (κ3) is 12.4. The Morgan fingerprint density at radius 2 is 1.58 bits per heavy atom. The van der Waals surface area contributed by atoms with Gasteiger partial charge in [0.2, 0.25) is 11.8 Å². The summed E-state index contributed by atoms with van der Waals surface area (Å²) in [5.74, 6) is 0.795. The first-order chi connectivity index (χ1) is 11.1. The molecule has 8 heteroatoms. The number of aliphatic imine (C=N–C) groups is 1. The number of hydrogen-bond donors (Lipinski definition) is 3. The highest BCUT2D eigenvalue weighted by atomic mass is 127. The summed E-state index contributed by atoms with van der Waals surface area (Å²) in [6, 6.07) is 0. The number of halogens is 1. The van der Waals surface area contributed by atoms with Crippen LogP contribution in [0.2, 0.25) is 0 Å². The standard InChI is InChI=1S/C16H33N5O2.HI/c1-5-11-18-14(22)9-12-19-16(17-6-2)20-13-10-15(23)21(7-3)8-4;/h5-13H2,1-4H3,(H,18,22)(H2,17,19,20);1H. The number of guanidine groups is 1. The summed E-state index contributed by atoms with van der Waals surface area (Å²) in [5.41, 5.74) is 0. The van der Waals surface area contributed by atoms with Crippen LogP contribution in [-0.2, 0) is 9.59 Å². The molecule has 0 spiro atoms. The topological polar surface area (TPSA) is 85.8 Å². The summed E-state index contributed by atoms with van der Waals surface area (Å²) >= 11 is 0. The average Bonchev–Trinajstić information content (AvgIpc) is 2.54. The monoisotopic (exact) mass is 455 g/mol. The molecule has 142 valence electrons. The van der Waals surface area contributed by atoms with E-state index in [1.165, 1.54) is 0 Å². The minimum atomic E-state index is 0. The highest BCUT2D eigenvalue weighted by Crippen LogP contribution is 1.94. The number of amides is 2. The van der Waals surface area contributed by atoms with Gasteiger partial charge in [-0.05, 0) is 27.2 Å². The molecule has 7 nitrogen and oxygen atoms in total. The zero-order chi connectivity index (χ0) is 17.5. The zero-order valence-corrected chi connectivity index (χ0v) is 17.8. The van der Waals surface area contributed by atoms with Crippen molar-refractivity contribution in [3.05, 3.63) is 0 Å². The van der Waals surface area contributed by atoms with Crippen LogP contribution in [0.3, 0.4) is 0 Å². The van der Waals surface area contributed by atoms with E-state index in [-0.39, 0.29) is 35.8 Å². The van der Waals surface area contributed by atoms with E-state index in [2.05, 4.69) is 20.9 Å². The van der Waals surface area contributed by atoms with Crippen LogP contribution in [0.25, 0.3) is 0 Å². The first kappa shape index (κ1) is 25.2.